The van der Waals surface area contributed by atoms with Crippen LogP contribution in [0, 0.1) is 0 Å². The smallest absolute Gasteiger partial charge is 0.410 e. The molecule has 2 heterocycles. The first-order chi connectivity index (χ1) is 14.5. The van der Waals surface area contributed by atoms with E-state index in [4.69, 9.17) is 26.1 Å². The van der Waals surface area contributed by atoms with Gasteiger partial charge in [0.1, 0.15) is 18.0 Å². The summed E-state index contributed by atoms with van der Waals surface area (Å²) in [5.74, 6) is 0.721. The molecule has 0 bridgehead atoms. The van der Waals surface area contributed by atoms with Crippen LogP contribution in [0.2, 0.25) is 5.02 Å². The quantitative estimate of drug-likeness (QED) is 0.455. The predicted octanol–water partition coefficient (Wildman–Crippen LogP) is 5.93. The van der Waals surface area contributed by atoms with Gasteiger partial charge >= 0.3 is 6.09 Å². The highest BCUT2D eigenvalue weighted by Gasteiger charge is 2.19. The zero-order chi connectivity index (χ0) is 22.8. The van der Waals surface area contributed by atoms with Crippen molar-refractivity contribution in [1.29, 1.82) is 0 Å². The van der Waals surface area contributed by atoms with Crippen molar-refractivity contribution in [2.45, 2.75) is 26.4 Å². The number of amides is 1. The summed E-state index contributed by atoms with van der Waals surface area (Å²) in [6, 6.07) is 11.6. The fourth-order valence-corrected chi connectivity index (χ4v) is 4.04. The third-order valence-corrected chi connectivity index (χ3v) is 6.15. The number of pyridine rings is 1. The number of fused-ring (bicyclic) bond motifs is 1. The average molecular weight is 462 g/mol. The number of halogens is 1. The monoisotopic (exact) mass is 461 g/mol. The minimum Gasteiger partial charge on any atom is -0.492 e. The number of hydrogen-bond donors (Lipinski definition) is 0. The lowest BCUT2D eigenvalue weighted by Gasteiger charge is -2.24. The molecule has 1 aromatic carbocycles. The molecule has 6 nitrogen and oxygen atoms in total. The first kappa shape index (κ1) is 23.2. The van der Waals surface area contributed by atoms with E-state index in [2.05, 4.69) is 4.90 Å². The highest BCUT2D eigenvalue weighted by molar-refractivity contribution is 7.23. The zero-order valence-electron chi connectivity index (χ0n) is 18.7. The Kier molecular flexibility index (Phi) is 6.96. The third-order valence-electron chi connectivity index (χ3n) is 4.41. The summed E-state index contributed by atoms with van der Waals surface area (Å²) in [5.41, 5.74) is 2.15. The summed E-state index contributed by atoms with van der Waals surface area (Å²) >= 11 is 8.14. The second-order valence-electron chi connectivity index (χ2n) is 8.46. The van der Waals surface area contributed by atoms with Crippen molar-refractivity contribution < 1.29 is 14.3 Å². The van der Waals surface area contributed by atoms with Crippen molar-refractivity contribution in [2.24, 2.45) is 0 Å². The van der Waals surface area contributed by atoms with E-state index < -0.39 is 5.60 Å². The number of ether oxygens (including phenoxy) is 2. The van der Waals surface area contributed by atoms with Crippen molar-refractivity contribution in [2.75, 3.05) is 39.2 Å². The first-order valence-corrected chi connectivity index (χ1v) is 11.2. The summed E-state index contributed by atoms with van der Waals surface area (Å²) in [6.07, 6.45) is -0.365. The second-order valence-corrected chi connectivity index (χ2v) is 9.90. The van der Waals surface area contributed by atoms with Gasteiger partial charge in [0.15, 0.2) is 0 Å². The molecule has 8 heteroatoms. The standard InChI is InChI=1S/C23H28ClN3O3S/c1-23(2,3)30-22(28)27(6)11-12-29-16-9-7-15(8-10-16)18-13-17(24)21-19(25-18)14-20(31-21)26(4)5/h7-10,13-14H,11-12H2,1-6H3. The van der Waals surface area contributed by atoms with Gasteiger partial charge in [0.2, 0.25) is 0 Å². The lowest BCUT2D eigenvalue weighted by molar-refractivity contribution is 0.0278. The Morgan fingerprint density at radius 2 is 1.81 bits per heavy atom. The van der Waals surface area contributed by atoms with E-state index >= 15 is 0 Å². The summed E-state index contributed by atoms with van der Waals surface area (Å²) in [5, 5.41) is 1.81. The highest BCUT2D eigenvalue weighted by Crippen LogP contribution is 2.37. The maximum absolute atomic E-state index is 12.0. The van der Waals surface area contributed by atoms with E-state index in [9.17, 15) is 4.79 Å². The van der Waals surface area contributed by atoms with Crippen molar-refractivity contribution in [3.63, 3.8) is 0 Å². The number of likely N-dealkylation sites (N-methyl/N-ethyl adjacent to an activating group) is 1. The van der Waals surface area contributed by atoms with E-state index in [0.29, 0.717) is 18.2 Å². The molecule has 0 saturated heterocycles. The van der Waals surface area contributed by atoms with Crippen molar-refractivity contribution in [3.05, 3.63) is 41.4 Å². The van der Waals surface area contributed by atoms with Gasteiger partial charge in [-0.05, 0) is 57.2 Å². The van der Waals surface area contributed by atoms with Gasteiger partial charge < -0.3 is 19.3 Å². The van der Waals surface area contributed by atoms with Crippen LogP contribution in [-0.4, -0.2) is 55.9 Å². The van der Waals surface area contributed by atoms with Gasteiger partial charge in [-0.25, -0.2) is 9.78 Å². The Morgan fingerprint density at radius 3 is 2.42 bits per heavy atom. The number of hydrogen-bond acceptors (Lipinski definition) is 6. The molecule has 0 fully saturated rings. The van der Waals surface area contributed by atoms with E-state index in [-0.39, 0.29) is 6.09 Å². The molecular formula is C23H28ClN3O3S. The van der Waals surface area contributed by atoms with Crippen LogP contribution in [0.4, 0.5) is 9.80 Å². The number of benzene rings is 1. The van der Waals surface area contributed by atoms with Crippen LogP contribution < -0.4 is 9.64 Å². The van der Waals surface area contributed by atoms with E-state index in [1.54, 1.807) is 18.4 Å². The topological polar surface area (TPSA) is 54.9 Å². The largest absolute Gasteiger partial charge is 0.492 e. The van der Waals surface area contributed by atoms with Crippen molar-refractivity contribution in [1.82, 2.24) is 9.88 Å². The lowest BCUT2D eigenvalue weighted by Crippen LogP contribution is -2.36. The fraction of sp³-hybridized carbons (Fsp3) is 0.391. The molecule has 0 radical (unpaired) electrons. The van der Waals surface area contributed by atoms with Crippen LogP contribution in [0.15, 0.2) is 36.4 Å². The average Bonchev–Trinajstić information content (AvgIpc) is 3.12. The number of rotatable bonds is 6. The predicted molar refractivity (Wildman–Crippen MR) is 129 cm³/mol. The Bertz CT molecular complexity index is 1060. The molecule has 0 aliphatic rings. The Labute approximate surface area is 192 Å². The summed E-state index contributed by atoms with van der Waals surface area (Å²) in [6.45, 7) is 6.33. The fourth-order valence-electron chi connectivity index (χ4n) is 2.79. The zero-order valence-corrected chi connectivity index (χ0v) is 20.3. The molecule has 0 N–H and O–H groups in total. The Morgan fingerprint density at radius 1 is 1.13 bits per heavy atom. The number of carbonyl (C=O) groups excluding carboxylic acids is 1. The molecule has 3 aromatic rings. The van der Waals surface area contributed by atoms with E-state index in [0.717, 1.165) is 32.2 Å². The molecule has 0 aliphatic carbocycles. The minimum absolute atomic E-state index is 0.365. The van der Waals surface area contributed by atoms with E-state index in [1.165, 1.54) is 4.90 Å². The molecule has 0 saturated carbocycles. The minimum atomic E-state index is -0.515. The van der Waals surface area contributed by atoms with Gasteiger partial charge in [0.05, 0.1) is 32.5 Å². The summed E-state index contributed by atoms with van der Waals surface area (Å²) in [7, 11) is 5.70. The molecule has 3 rings (SSSR count). The van der Waals surface area contributed by atoms with Crippen molar-refractivity contribution >= 4 is 44.2 Å². The number of nitrogens with zero attached hydrogens (tertiary/aromatic N) is 3. The molecule has 0 unspecified atom stereocenters. The Hall–Kier alpha value is -2.51. The number of anilines is 1. The molecular weight excluding hydrogens is 434 g/mol. The molecule has 1 amide bonds. The molecule has 0 spiro atoms. The number of thiophene rings is 1. The van der Waals surface area contributed by atoms with E-state index in [1.807, 2.05) is 71.3 Å². The maximum Gasteiger partial charge on any atom is 0.410 e. The van der Waals surface area contributed by atoms with Gasteiger partial charge in [-0.15, -0.1) is 11.3 Å². The Balaban J connectivity index is 1.63. The van der Waals surface area contributed by atoms with Crippen LogP contribution in [0.5, 0.6) is 5.75 Å². The van der Waals surface area contributed by atoms with Gasteiger partial charge in [-0.1, -0.05) is 11.6 Å². The van der Waals surface area contributed by atoms with Gasteiger partial charge in [0.25, 0.3) is 0 Å². The number of aromatic nitrogens is 1. The molecule has 0 atom stereocenters. The molecule has 166 valence electrons. The molecule has 0 aliphatic heterocycles. The van der Waals surface area contributed by atoms with Crippen LogP contribution in [0.25, 0.3) is 21.5 Å². The SMILES string of the molecule is CN(CCOc1ccc(-c2cc(Cl)c3sc(N(C)C)cc3n2)cc1)C(=O)OC(C)(C)C. The van der Waals surface area contributed by atoms with Crippen molar-refractivity contribution in [3.8, 4) is 17.0 Å². The van der Waals surface area contributed by atoms with Crippen LogP contribution in [0.1, 0.15) is 20.8 Å². The first-order valence-electron chi connectivity index (χ1n) is 9.98. The van der Waals surface area contributed by atoms with Gasteiger partial charge in [-0.3, -0.25) is 0 Å². The van der Waals surface area contributed by atoms with Gasteiger partial charge in [0, 0.05) is 26.7 Å². The highest BCUT2D eigenvalue weighted by atomic mass is 35.5. The molecule has 2 aromatic heterocycles. The maximum atomic E-state index is 12.0. The summed E-state index contributed by atoms with van der Waals surface area (Å²) < 4.78 is 12.1. The summed E-state index contributed by atoms with van der Waals surface area (Å²) in [4.78, 5) is 20.3. The van der Waals surface area contributed by atoms with Gasteiger partial charge in [-0.2, -0.15) is 0 Å². The number of carbonyl (C=O) groups is 1. The normalized spacial score (nSPS) is 11.5. The molecule has 31 heavy (non-hydrogen) atoms. The third kappa shape index (κ3) is 6.02. The lowest BCUT2D eigenvalue weighted by atomic mass is 10.1. The van der Waals surface area contributed by atoms with Crippen LogP contribution in [0.3, 0.4) is 0 Å². The van der Waals surface area contributed by atoms with Crippen LogP contribution in [-0.2, 0) is 4.74 Å². The van der Waals surface area contributed by atoms with Crippen LogP contribution >= 0.6 is 22.9 Å². The second kappa shape index (κ2) is 9.32.